The normalized spacial score (nSPS) is 26.5. The lowest BCUT2D eigenvalue weighted by molar-refractivity contribution is -0.142. The summed E-state index contributed by atoms with van der Waals surface area (Å²) >= 11 is 0.718. The molecule has 2 aliphatic rings. The largest absolute Gasteiger partial charge is 0.427 e. The van der Waals surface area contributed by atoms with Gasteiger partial charge in [0.15, 0.2) is 5.13 Å². The van der Waals surface area contributed by atoms with Crippen molar-refractivity contribution < 1.29 is 17.9 Å². The molecule has 1 saturated heterocycles. The molecule has 1 atom stereocenters. The van der Waals surface area contributed by atoms with Crippen molar-refractivity contribution in [3.05, 3.63) is 11.1 Å². The number of ether oxygens (including phenoxy) is 1. The summed E-state index contributed by atoms with van der Waals surface area (Å²) < 4.78 is 43.8. The van der Waals surface area contributed by atoms with Crippen molar-refractivity contribution in [2.24, 2.45) is 0 Å². The van der Waals surface area contributed by atoms with E-state index in [1.165, 1.54) is 0 Å². The maximum atomic E-state index is 12.6. The molecule has 106 valence electrons. The number of rotatable bonds is 1. The third-order valence-corrected chi connectivity index (χ3v) is 4.82. The molecule has 1 saturated carbocycles. The van der Waals surface area contributed by atoms with Gasteiger partial charge >= 0.3 is 6.18 Å². The number of nitrogens with zero attached hydrogens (tertiary/aromatic N) is 2. The lowest BCUT2D eigenvalue weighted by Crippen LogP contribution is -2.58. The fourth-order valence-corrected chi connectivity index (χ4v) is 3.55. The SMILES string of the molecule is CC1CN(c2ncc(C(F)(F)F)s2)CC2(CCC2)O1. The molecular formula is C12H15F3N2OS. The quantitative estimate of drug-likeness (QED) is 0.794. The zero-order chi connectivity index (χ0) is 13.7. The van der Waals surface area contributed by atoms with E-state index in [0.29, 0.717) is 18.2 Å². The standard InChI is InChI=1S/C12H15F3N2OS/c1-8-6-17(7-11(18-8)3-2-4-11)10-16-5-9(19-10)12(13,14)15/h5,8H,2-4,6-7H2,1H3. The molecule has 19 heavy (non-hydrogen) atoms. The predicted molar refractivity (Wildman–Crippen MR) is 66.5 cm³/mol. The van der Waals surface area contributed by atoms with Crippen molar-refractivity contribution in [3.8, 4) is 0 Å². The molecule has 2 fully saturated rings. The number of hydrogen-bond acceptors (Lipinski definition) is 4. The molecule has 3 nitrogen and oxygen atoms in total. The number of anilines is 1. The molecule has 0 bridgehead atoms. The molecule has 2 heterocycles. The van der Waals surface area contributed by atoms with Gasteiger partial charge in [-0.1, -0.05) is 11.3 Å². The van der Waals surface area contributed by atoms with Gasteiger partial charge < -0.3 is 9.64 Å². The Morgan fingerprint density at radius 3 is 2.74 bits per heavy atom. The Kier molecular flexibility index (Phi) is 3.01. The summed E-state index contributed by atoms with van der Waals surface area (Å²) in [6.07, 6.45) is -0.231. The first-order valence-corrected chi connectivity index (χ1v) is 7.15. The van der Waals surface area contributed by atoms with E-state index in [1.807, 2.05) is 11.8 Å². The van der Waals surface area contributed by atoms with Crippen LogP contribution >= 0.6 is 11.3 Å². The van der Waals surface area contributed by atoms with Crippen molar-refractivity contribution in [1.82, 2.24) is 4.98 Å². The number of aromatic nitrogens is 1. The Morgan fingerprint density at radius 1 is 1.47 bits per heavy atom. The second kappa shape index (κ2) is 4.34. The number of alkyl halides is 3. The Labute approximate surface area is 113 Å². The van der Waals surface area contributed by atoms with Crippen LogP contribution in [0, 0.1) is 0 Å². The minimum absolute atomic E-state index is 0.0345. The predicted octanol–water partition coefficient (Wildman–Crippen LogP) is 3.31. The molecule has 0 radical (unpaired) electrons. The zero-order valence-corrected chi connectivity index (χ0v) is 11.4. The van der Waals surface area contributed by atoms with E-state index in [2.05, 4.69) is 4.98 Å². The average Bonchev–Trinajstić information content (AvgIpc) is 2.74. The highest BCUT2D eigenvalue weighted by atomic mass is 32.1. The summed E-state index contributed by atoms with van der Waals surface area (Å²) in [6, 6.07) is 0. The van der Waals surface area contributed by atoms with E-state index in [9.17, 15) is 13.2 Å². The van der Waals surface area contributed by atoms with E-state index >= 15 is 0 Å². The second-order valence-electron chi connectivity index (χ2n) is 5.35. The van der Waals surface area contributed by atoms with E-state index in [0.717, 1.165) is 36.8 Å². The van der Waals surface area contributed by atoms with Crippen LogP contribution in [-0.4, -0.2) is 29.8 Å². The maximum absolute atomic E-state index is 12.6. The van der Waals surface area contributed by atoms with Crippen LogP contribution in [0.15, 0.2) is 6.20 Å². The van der Waals surface area contributed by atoms with Gasteiger partial charge in [0, 0.05) is 13.1 Å². The lowest BCUT2D eigenvalue weighted by atomic mass is 9.78. The minimum atomic E-state index is -4.30. The molecule has 3 rings (SSSR count). The Bertz CT molecular complexity index is 470. The fraction of sp³-hybridized carbons (Fsp3) is 0.750. The highest BCUT2D eigenvalue weighted by molar-refractivity contribution is 7.15. The van der Waals surface area contributed by atoms with Gasteiger partial charge in [-0.05, 0) is 26.2 Å². The highest BCUT2D eigenvalue weighted by Crippen LogP contribution is 2.42. The first-order chi connectivity index (χ1) is 8.88. The van der Waals surface area contributed by atoms with Crippen LogP contribution in [0.2, 0.25) is 0 Å². The first-order valence-electron chi connectivity index (χ1n) is 6.34. The van der Waals surface area contributed by atoms with Gasteiger partial charge in [0.25, 0.3) is 0 Å². The van der Waals surface area contributed by atoms with E-state index < -0.39 is 11.1 Å². The van der Waals surface area contributed by atoms with Crippen molar-refractivity contribution >= 4 is 16.5 Å². The van der Waals surface area contributed by atoms with Crippen molar-refractivity contribution in [1.29, 1.82) is 0 Å². The Balaban J connectivity index is 1.79. The van der Waals surface area contributed by atoms with Crippen LogP contribution in [0.1, 0.15) is 31.1 Å². The molecule has 1 unspecified atom stereocenters. The third-order valence-electron chi connectivity index (χ3n) is 3.72. The average molecular weight is 292 g/mol. The maximum Gasteiger partial charge on any atom is 0.427 e. The van der Waals surface area contributed by atoms with Crippen molar-refractivity contribution in [2.45, 2.75) is 44.1 Å². The summed E-state index contributed by atoms with van der Waals surface area (Å²) in [5, 5.41) is 0.453. The number of halogens is 3. The number of thiazole rings is 1. The monoisotopic (exact) mass is 292 g/mol. The van der Waals surface area contributed by atoms with Crippen LogP contribution < -0.4 is 4.90 Å². The second-order valence-corrected chi connectivity index (χ2v) is 6.36. The fourth-order valence-electron chi connectivity index (χ4n) is 2.76. The Hall–Kier alpha value is -0.820. The van der Waals surface area contributed by atoms with Crippen LogP contribution in [-0.2, 0) is 10.9 Å². The molecule has 1 aliphatic heterocycles. The molecule has 1 aliphatic carbocycles. The molecule has 1 aromatic heterocycles. The number of hydrogen-bond donors (Lipinski definition) is 0. The molecule has 7 heteroatoms. The van der Waals surface area contributed by atoms with Gasteiger partial charge in [-0.2, -0.15) is 13.2 Å². The molecule has 0 aromatic carbocycles. The van der Waals surface area contributed by atoms with Crippen molar-refractivity contribution in [2.75, 3.05) is 18.0 Å². The molecule has 1 spiro atoms. The topological polar surface area (TPSA) is 25.4 Å². The summed E-state index contributed by atoms with van der Waals surface area (Å²) in [5.74, 6) is 0. The first kappa shape index (κ1) is 13.2. The van der Waals surface area contributed by atoms with E-state index in [4.69, 9.17) is 4.74 Å². The van der Waals surface area contributed by atoms with Gasteiger partial charge in [-0.15, -0.1) is 0 Å². The lowest BCUT2D eigenvalue weighted by Gasteiger charge is -2.50. The molecule has 0 amide bonds. The van der Waals surface area contributed by atoms with Gasteiger partial charge in [0.2, 0.25) is 0 Å². The van der Waals surface area contributed by atoms with Crippen LogP contribution in [0.3, 0.4) is 0 Å². The summed E-state index contributed by atoms with van der Waals surface area (Å²) in [7, 11) is 0. The smallest absolute Gasteiger partial charge is 0.368 e. The summed E-state index contributed by atoms with van der Waals surface area (Å²) in [5.41, 5.74) is -0.151. The van der Waals surface area contributed by atoms with Gasteiger partial charge in [-0.25, -0.2) is 4.98 Å². The summed E-state index contributed by atoms with van der Waals surface area (Å²) in [4.78, 5) is 5.24. The van der Waals surface area contributed by atoms with Crippen LogP contribution in [0.25, 0.3) is 0 Å². The Morgan fingerprint density at radius 2 is 2.21 bits per heavy atom. The minimum Gasteiger partial charge on any atom is -0.368 e. The number of morpholine rings is 1. The van der Waals surface area contributed by atoms with Crippen LogP contribution in [0.4, 0.5) is 18.3 Å². The van der Waals surface area contributed by atoms with E-state index in [-0.39, 0.29) is 11.7 Å². The summed E-state index contributed by atoms with van der Waals surface area (Å²) in [6.45, 7) is 3.22. The molecular weight excluding hydrogens is 277 g/mol. The highest BCUT2D eigenvalue weighted by Gasteiger charge is 2.45. The van der Waals surface area contributed by atoms with Crippen LogP contribution in [0.5, 0.6) is 0 Å². The zero-order valence-electron chi connectivity index (χ0n) is 10.5. The van der Waals surface area contributed by atoms with Crippen molar-refractivity contribution in [3.63, 3.8) is 0 Å². The molecule has 1 aromatic rings. The molecule has 0 N–H and O–H groups in total. The van der Waals surface area contributed by atoms with Gasteiger partial charge in [0.1, 0.15) is 4.88 Å². The van der Waals surface area contributed by atoms with Gasteiger partial charge in [-0.3, -0.25) is 0 Å². The third kappa shape index (κ3) is 2.45. The van der Waals surface area contributed by atoms with E-state index in [1.54, 1.807) is 0 Å². The van der Waals surface area contributed by atoms with Gasteiger partial charge in [0.05, 0.1) is 17.9 Å².